The standard InChI is InChI=1S/C15H20FN3O/c16-11-6-7-13-14(10-11)18-15(17-13)19(8-9-20)12-4-2-1-3-5-12/h6-7,10,12,20H,1-5,8-9H2,(H,17,18). The topological polar surface area (TPSA) is 52.1 Å². The van der Waals surface area contributed by atoms with Crippen molar-refractivity contribution < 1.29 is 9.50 Å². The number of aromatic amines is 1. The quantitative estimate of drug-likeness (QED) is 0.903. The van der Waals surface area contributed by atoms with Crippen LogP contribution in [0.4, 0.5) is 10.3 Å². The Morgan fingerprint density at radius 2 is 2.10 bits per heavy atom. The summed E-state index contributed by atoms with van der Waals surface area (Å²) in [7, 11) is 0. The minimum Gasteiger partial charge on any atom is -0.395 e. The van der Waals surface area contributed by atoms with Gasteiger partial charge in [0, 0.05) is 12.6 Å². The number of nitrogens with zero attached hydrogens (tertiary/aromatic N) is 2. The Morgan fingerprint density at radius 1 is 1.30 bits per heavy atom. The first-order valence-corrected chi connectivity index (χ1v) is 7.30. The fourth-order valence-corrected chi connectivity index (χ4v) is 3.07. The number of benzene rings is 1. The summed E-state index contributed by atoms with van der Waals surface area (Å²) in [5.74, 6) is 0.477. The largest absolute Gasteiger partial charge is 0.395 e. The maximum Gasteiger partial charge on any atom is 0.204 e. The highest BCUT2D eigenvalue weighted by Crippen LogP contribution is 2.27. The van der Waals surface area contributed by atoms with Gasteiger partial charge in [0.05, 0.1) is 17.6 Å². The van der Waals surface area contributed by atoms with Crippen molar-refractivity contribution in [2.75, 3.05) is 18.1 Å². The molecule has 0 bridgehead atoms. The van der Waals surface area contributed by atoms with E-state index in [4.69, 9.17) is 0 Å². The van der Waals surface area contributed by atoms with Gasteiger partial charge in [-0.05, 0) is 31.0 Å². The number of aliphatic hydroxyl groups is 1. The van der Waals surface area contributed by atoms with Gasteiger partial charge in [0.2, 0.25) is 5.95 Å². The van der Waals surface area contributed by atoms with Crippen LogP contribution in [0.25, 0.3) is 11.0 Å². The zero-order chi connectivity index (χ0) is 13.9. The lowest BCUT2D eigenvalue weighted by molar-refractivity contribution is 0.289. The number of anilines is 1. The Balaban J connectivity index is 1.91. The van der Waals surface area contributed by atoms with Gasteiger partial charge in [-0.25, -0.2) is 9.37 Å². The number of hydrogen-bond donors (Lipinski definition) is 2. The lowest BCUT2D eigenvalue weighted by Crippen LogP contribution is -2.39. The molecular formula is C15H20FN3O. The van der Waals surface area contributed by atoms with Crippen LogP contribution in [-0.2, 0) is 0 Å². The van der Waals surface area contributed by atoms with Gasteiger partial charge in [0.15, 0.2) is 0 Å². The predicted octanol–water partition coefficient (Wildman–Crippen LogP) is 2.83. The predicted molar refractivity (Wildman–Crippen MR) is 77.4 cm³/mol. The summed E-state index contributed by atoms with van der Waals surface area (Å²) in [4.78, 5) is 9.86. The van der Waals surface area contributed by atoms with E-state index in [1.165, 1.54) is 31.4 Å². The molecule has 5 heteroatoms. The van der Waals surface area contributed by atoms with Crippen molar-refractivity contribution in [2.45, 2.75) is 38.1 Å². The van der Waals surface area contributed by atoms with Crippen molar-refractivity contribution in [2.24, 2.45) is 0 Å². The van der Waals surface area contributed by atoms with E-state index in [1.54, 1.807) is 6.07 Å². The molecule has 1 fully saturated rings. The van der Waals surface area contributed by atoms with E-state index in [0.29, 0.717) is 18.1 Å². The van der Waals surface area contributed by atoms with Crippen LogP contribution >= 0.6 is 0 Å². The van der Waals surface area contributed by atoms with Crippen molar-refractivity contribution >= 4 is 17.0 Å². The minimum absolute atomic E-state index is 0.0991. The van der Waals surface area contributed by atoms with Crippen LogP contribution in [0, 0.1) is 5.82 Å². The van der Waals surface area contributed by atoms with Crippen molar-refractivity contribution in [3.63, 3.8) is 0 Å². The molecule has 1 aliphatic rings. The molecule has 1 aromatic carbocycles. The van der Waals surface area contributed by atoms with Gasteiger partial charge in [0.1, 0.15) is 5.82 Å². The summed E-state index contributed by atoms with van der Waals surface area (Å²) in [5.41, 5.74) is 1.47. The maximum atomic E-state index is 13.2. The highest BCUT2D eigenvalue weighted by molar-refractivity contribution is 5.77. The Labute approximate surface area is 117 Å². The second-order valence-electron chi connectivity index (χ2n) is 5.43. The zero-order valence-electron chi connectivity index (χ0n) is 11.5. The summed E-state index contributed by atoms with van der Waals surface area (Å²) >= 11 is 0. The van der Waals surface area contributed by atoms with Gasteiger partial charge >= 0.3 is 0 Å². The van der Waals surface area contributed by atoms with Crippen molar-refractivity contribution in [1.29, 1.82) is 0 Å². The number of H-pyrrole nitrogens is 1. The Kier molecular flexibility index (Phi) is 3.87. The normalized spacial score (nSPS) is 16.7. The highest BCUT2D eigenvalue weighted by Gasteiger charge is 2.23. The van der Waals surface area contributed by atoms with E-state index < -0.39 is 0 Å². The zero-order valence-corrected chi connectivity index (χ0v) is 11.5. The molecule has 1 saturated carbocycles. The molecule has 20 heavy (non-hydrogen) atoms. The Hall–Kier alpha value is -1.62. The average molecular weight is 277 g/mol. The molecule has 1 heterocycles. The van der Waals surface area contributed by atoms with Gasteiger partial charge in [-0.15, -0.1) is 0 Å². The first-order chi connectivity index (χ1) is 9.78. The third-order valence-corrected chi connectivity index (χ3v) is 4.06. The number of imidazole rings is 1. The van der Waals surface area contributed by atoms with E-state index >= 15 is 0 Å². The number of aromatic nitrogens is 2. The van der Waals surface area contributed by atoms with Crippen molar-refractivity contribution in [1.82, 2.24) is 9.97 Å². The summed E-state index contributed by atoms with van der Waals surface area (Å²) < 4.78 is 13.2. The summed E-state index contributed by atoms with van der Waals surface area (Å²) in [6, 6.07) is 4.98. The number of rotatable bonds is 4. The van der Waals surface area contributed by atoms with Crippen molar-refractivity contribution in [3.05, 3.63) is 24.0 Å². The summed E-state index contributed by atoms with van der Waals surface area (Å²) in [5, 5.41) is 9.30. The van der Waals surface area contributed by atoms with Crippen LogP contribution in [0.3, 0.4) is 0 Å². The fraction of sp³-hybridized carbons (Fsp3) is 0.533. The van der Waals surface area contributed by atoms with E-state index in [9.17, 15) is 9.50 Å². The number of fused-ring (bicyclic) bond motifs is 1. The highest BCUT2D eigenvalue weighted by atomic mass is 19.1. The molecule has 0 saturated heterocycles. The third kappa shape index (κ3) is 2.63. The molecule has 4 nitrogen and oxygen atoms in total. The van der Waals surface area contributed by atoms with Gasteiger partial charge in [-0.3, -0.25) is 0 Å². The van der Waals surface area contributed by atoms with E-state index in [1.807, 2.05) is 0 Å². The molecule has 0 aliphatic heterocycles. The third-order valence-electron chi connectivity index (χ3n) is 4.06. The second-order valence-corrected chi connectivity index (χ2v) is 5.43. The number of aliphatic hydroxyl groups excluding tert-OH is 1. The lowest BCUT2D eigenvalue weighted by atomic mass is 9.94. The smallest absolute Gasteiger partial charge is 0.204 e. The van der Waals surface area contributed by atoms with Crippen LogP contribution < -0.4 is 4.90 Å². The number of halogens is 1. The lowest BCUT2D eigenvalue weighted by Gasteiger charge is -2.33. The summed E-state index contributed by atoms with van der Waals surface area (Å²) in [6.45, 7) is 0.662. The van der Waals surface area contributed by atoms with Crippen LogP contribution in [0.5, 0.6) is 0 Å². The molecule has 0 radical (unpaired) electrons. The van der Waals surface area contributed by atoms with Gasteiger partial charge in [-0.2, -0.15) is 0 Å². The second kappa shape index (κ2) is 5.79. The monoisotopic (exact) mass is 277 g/mol. The molecular weight excluding hydrogens is 257 g/mol. The maximum absolute atomic E-state index is 13.2. The first-order valence-electron chi connectivity index (χ1n) is 7.30. The Bertz CT molecular complexity index is 578. The van der Waals surface area contributed by atoms with Gasteiger partial charge in [0.25, 0.3) is 0 Å². The minimum atomic E-state index is -0.265. The van der Waals surface area contributed by atoms with Crippen LogP contribution in [-0.4, -0.2) is 34.3 Å². The fourth-order valence-electron chi connectivity index (χ4n) is 3.07. The average Bonchev–Trinajstić information content (AvgIpc) is 2.88. The molecule has 2 N–H and O–H groups in total. The van der Waals surface area contributed by atoms with Crippen molar-refractivity contribution in [3.8, 4) is 0 Å². The molecule has 0 amide bonds. The summed E-state index contributed by atoms with van der Waals surface area (Å²) in [6.07, 6.45) is 5.99. The van der Waals surface area contributed by atoms with E-state index in [2.05, 4.69) is 14.9 Å². The molecule has 0 unspecified atom stereocenters. The van der Waals surface area contributed by atoms with Crippen LogP contribution in [0.2, 0.25) is 0 Å². The number of nitrogens with one attached hydrogen (secondary N) is 1. The first kappa shape index (κ1) is 13.4. The van der Waals surface area contributed by atoms with Crippen LogP contribution in [0.1, 0.15) is 32.1 Å². The Morgan fingerprint density at radius 3 is 2.85 bits per heavy atom. The SMILES string of the molecule is OCCN(c1nc2ccc(F)cc2[nH]1)C1CCCCC1. The van der Waals surface area contributed by atoms with Gasteiger partial charge < -0.3 is 15.0 Å². The molecule has 108 valence electrons. The number of hydrogen-bond acceptors (Lipinski definition) is 3. The van der Waals surface area contributed by atoms with Crippen LogP contribution in [0.15, 0.2) is 18.2 Å². The van der Waals surface area contributed by atoms with Gasteiger partial charge in [-0.1, -0.05) is 19.3 Å². The molecule has 0 atom stereocenters. The molecule has 1 aromatic heterocycles. The molecule has 2 aromatic rings. The van der Waals surface area contributed by atoms with E-state index in [0.717, 1.165) is 24.3 Å². The molecule has 3 rings (SSSR count). The molecule has 1 aliphatic carbocycles. The van der Waals surface area contributed by atoms with E-state index in [-0.39, 0.29) is 12.4 Å². The molecule has 0 spiro atoms.